The molecule has 0 aliphatic carbocycles. The molecular formula is C14H15NO4. The number of hydrogen-bond acceptors (Lipinski definition) is 3. The zero-order valence-electron chi connectivity index (χ0n) is 10.6. The molecule has 0 aromatic heterocycles. The molecule has 1 amide bonds. The molecule has 1 aromatic carbocycles. The van der Waals surface area contributed by atoms with Crippen LogP contribution in [0.25, 0.3) is 0 Å². The number of nitrogens with zero attached hydrogens (tertiary/aromatic N) is 1. The van der Waals surface area contributed by atoms with Crippen molar-refractivity contribution >= 4 is 23.9 Å². The molecule has 0 radical (unpaired) electrons. The first-order valence-electron chi connectivity index (χ1n) is 6.20. The fourth-order valence-corrected chi connectivity index (χ4v) is 2.40. The second kappa shape index (κ2) is 5.22. The van der Waals surface area contributed by atoms with E-state index in [1.54, 1.807) is 25.1 Å². The average molecular weight is 261 g/mol. The fraction of sp³-hybridized carbons (Fsp3) is 0.357. The van der Waals surface area contributed by atoms with E-state index in [9.17, 15) is 14.4 Å². The number of fused-ring (bicyclic) bond motifs is 1. The van der Waals surface area contributed by atoms with Gasteiger partial charge in [-0.05, 0) is 31.4 Å². The van der Waals surface area contributed by atoms with E-state index >= 15 is 0 Å². The summed E-state index contributed by atoms with van der Waals surface area (Å²) in [5, 5.41) is 9.12. The van der Waals surface area contributed by atoms with Crippen molar-refractivity contribution in [2.45, 2.75) is 19.8 Å². The average Bonchev–Trinajstić information content (AvgIpc) is 2.53. The highest BCUT2D eigenvalue weighted by Crippen LogP contribution is 2.30. The third kappa shape index (κ3) is 2.36. The minimum Gasteiger partial charge on any atom is -0.481 e. The number of aryl methyl sites for hydroxylation is 1. The number of aldehydes is 1. The van der Waals surface area contributed by atoms with Crippen molar-refractivity contribution in [1.29, 1.82) is 0 Å². The minimum absolute atomic E-state index is 0.290. The van der Waals surface area contributed by atoms with E-state index in [0.717, 1.165) is 11.8 Å². The van der Waals surface area contributed by atoms with E-state index in [4.69, 9.17) is 5.11 Å². The molecule has 0 spiro atoms. The molecule has 19 heavy (non-hydrogen) atoms. The number of carbonyl (C=O) groups excluding carboxylic acids is 2. The zero-order valence-corrected chi connectivity index (χ0v) is 10.6. The van der Waals surface area contributed by atoms with Crippen molar-refractivity contribution < 1.29 is 19.5 Å². The molecule has 0 bridgehead atoms. The lowest BCUT2D eigenvalue weighted by Crippen LogP contribution is -2.38. The smallest absolute Gasteiger partial charge is 0.316 e. The van der Waals surface area contributed by atoms with Gasteiger partial charge in [0.25, 0.3) is 0 Å². The first kappa shape index (κ1) is 13.3. The van der Waals surface area contributed by atoms with Gasteiger partial charge in [0.2, 0.25) is 5.91 Å². The lowest BCUT2D eigenvalue weighted by Gasteiger charge is -2.23. The third-order valence-electron chi connectivity index (χ3n) is 3.42. The van der Waals surface area contributed by atoms with Crippen molar-refractivity contribution in [3.63, 3.8) is 0 Å². The standard InChI is InChI=1S/C14H15NO4/c1-2-15-12-7-9(8-16)3-4-10(12)5-6-11(13(15)17)14(18)19/h3-4,7-8,11H,2,5-6H2,1H3,(H,18,19). The van der Waals surface area contributed by atoms with Gasteiger partial charge in [-0.25, -0.2) is 0 Å². The molecule has 0 saturated heterocycles. The Balaban J connectivity index is 2.50. The van der Waals surface area contributed by atoms with Crippen LogP contribution in [0, 0.1) is 5.92 Å². The largest absolute Gasteiger partial charge is 0.481 e. The van der Waals surface area contributed by atoms with Gasteiger partial charge < -0.3 is 10.0 Å². The van der Waals surface area contributed by atoms with Crippen molar-refractivity contribution in [3.8, 4) is 0 Å². The molecule has 1 aromatic rings. The second-order valence-corrected chi connectivity index (χ2v) is 4.52. The van der Waals surface area contributed by atoms with Crippen LogP contribution in [0.1, 0.15) is 29.3 Å². The molecule has 5 nitrogen and oxygen atoms in total. The molecule has 1 aliphatic heterocycles. The molecule has 1 N–H and O–H groups in total. The van der Waals surface area contributed by atoms with E-state index in [1.165, 1.54) is 4.90 Å². The van der Waals surface area contributed by atoms with Crippen molar-refractivity contribution in [2.75, 3.05) is 11.4 Å². The van der Waals surface area contributed by atoms with Crippen molar-refractivity contribution in [2.24, 2.45) is 5.92 Å². The third-order valence-corrected chi connectivity index (χ3v) is 3.42. The summed E-state index contributed by atoms with van der Waals surface area (Å²) in [5.41, 5.74) is 2.05. The highest BCUT2D eigenvalue weighted by Gasteiger charge is 2.34. The Hall–Kier alpha value is -2.17. The molecular weight excluding hydrogens is 246 g/mol. The minimum atomic E-state index is -1.09. The van der Waals surface area contributed by atoms with Gasteiger partial charge in [0.1, 0.15) is 12.2 Å². The number of anilines is 1. The van der Waals surface area contributed by atoms with E-state index in [0.29, 0.717) is 24.2 Å². The summed E-state index contributed by atoms with van der Waals surface area (Å²) in [7, 11) is 0. The van der Waals surface area contributed by atoms with Crippen LogP contribution in [0.2, 0.25) is 0 Å². The molecule has 1 heterocycles. The Morgan fingerprint density at radius 3 is 2.84 bits per heavy atom. The van der Waals surface area contributed by atoms with Gasteiger partial charge in [-0.1, -0.05) is 12.1 Å². The number of benzene rings is 1. The maximum absolute atomic E-state index is 12.2. The highest BCUT2D eigenvalue weighted by molar-refractivity contribution is 6.06. The van der Waals surface area contributed by atoms with E-state index in [2.05, 4.69) is 0 Å². The number of amides is 1. The summed E-state index contributed by atoms with van der Waals surface area (Å²) >= 11 is 0. The molecule has 1 aliphatic rings. The van der Waals surface area contributed by atoms with Gasteiger partial charge in [-0.2, -0.15) is 0 Å². The Morgan fingerprint density at radius 2 is 2.26 bits per heavy atom. The molecule has 5 heteroatoms. The van der Waals surface area contributed by atoms with Gasteiger partial charge in [-0.3, -0.25) is 14.4 Å². The number of carbonyl (C=O) groups is 3. The zero-order chi connectivity index (χ0) is 14.0. The molecule has 2 rings (SSSR count). The summed E-state index contributed by atoms with van der Waals surface area (Å²) in [6, 6.07) is 5.12. The normalized spacial score (nSPS) is 18.7. The lowest BCUT2D eigenvalue weighted by molar-refractivity contribution is -0.146. The van der Waals surface area contributed by atoms with Crippen LogP contribution >= 0.6 is 0 Å². The quantitative estimate of drug-likeness (QED) is 0.661. The maximum Gasteiger partial charge on any atom is 0.316 e. The second-order valence-electron chi connectivity index (χ2n) is 4.52. The Labute approximate surface area is 110 Å². The molecule has 1 atom stereocenters. The summed E-state index contributed by atoms with van der Waals surface area (Å²) < 4.78 is 0. The number of carboxylic acids is 1. The first-order chi connectivity index (χ1) is 9.08. The fourth-order valence-electron chi connectivity index (χ4n) is 2.40. The predicted octanol–water partition coefficient (Wildman–Crippen LogP) is 1.50. The van der Waals surface area contributed by atoms with Crippen LogP contribution in [-0.4, -0.2) is 29.8 Å². The summed E-state index contributed by atoms with van der Waals surface area (Å²) in [5.74, 6) is -2.50. The van der Waals surface area contributed by atoms with Gasteiger partial charge >= 0.3 is 5.97 Å². The Morgan fingerprint density at radius 1 is 1.53 bits per heavy atom. The van der Waals surface area contributed by atoms with Gasteiger partial charge in [0, 0.05) is 17.8 Å². The first-order valence-corrected chi connectivity index (χ1v) is 6.20. The SMILES string of the molecule is CCN1C(=O)C(C(=O)O)CCc2ccc(C=O)cc21. The number of aliphatic carboxylic acids is 1. The number of hydrogen-bond donors (Lipinski definition) is 1. The topological polar surface area (TPSA) is 74.7 Å². The molecule has 100 valence electrons. The maximum atomic E-state index is 12.2. The van der Waals surface area contributed by atoms with E-state index < -0.39 is 17.8 Å². The number of rotatable bonds is 3. The monoisotopic (exact) mass is 261 g/mol. The van der Waals surface area contributed by atoms with E-state index in [1.807, 2.05) is 0 Å². The van der Waals surface area contributed by atoms with Crippen LogP contribution in [0.4, 0.5) is 5.69 Å². The van der Waals surface area contributed by atoms with Crippen LogP contribution in [0.5, 0.6) is 0 Å². The van der Waals surface area contributed by atoms with Crippen LogP contribution in [0.15, 0.2) is 18.2 Å². The van der Waals surface area contributed by atoms with Crippen LogP contribution in [0.3, 0.4) is 0 Å². The molecule has 0 saturated carbocycles. The molecule has 1 unspecified atom stereocenters. The summed E-state index contributed by atoms with van der Waals surface area (Å²) in [4.78, 5) is 35.7. The number of carboxylic acid groups (broad SMARTS) is 1. The van der Waals surface area contributed by atoms with E-state index in [-0.39, 0.29) is 6.42 Å². The van der Waals surface area contributed by atoms with Crippen molar-refractivity contribution in [3.05, 3.63) is 29.3 Å². The Kier molecular flexibility index (Phi) is 3.64. The summed E-state index contributed by atoms with van der Waals surface area (Å²) in [6.45, 7) is 2.18. The van der Waals surface area contributed by atoms with Crippen LogP contribution in [-0.2, 0) is 16.0 Å². The Bertz CT molecular complexity index is 538. The summed E-state index contributed by atoms with van der Waals surface area (Å²) in [6.07, 6.45) is 1.53. The van der Waals surface area contributed by atoms with Crippen molar-refractivity contribution in [1.82, 2.24) is 0 Å². The van der Waals surface area contributed by atoms with Gasteiger partial charge in [-0.15, -0.1) is 0 Å². The molecule has 0 fully saturated rings. The van der Waals surface area contributed by atoms with Crippen LogP contribution < -0.4 is 4.90 Å². The van der Waals surface area contributed by atoms with Gasteiger partial charge in [0.15, 0.2) is 0 Å². The highest BCUT2D eigenvalue weighted by atomic mass is 16.4. The lowest BCUT2D eigenvalue weighted by atomic mass is 10.0. The predicted molar refractivity (Wildman–Crippen MR) is 69.3 cm³/mol. The van der Waals surface area contributed by atoms with Gasteiger partial charge in [0.05, 0.1) is 0 Å².